The van der Waals surface area contributed by atoms with Crippen molar-refractivity contribution in [3.63, 3.8) is 0 Å². The van der Waals surface area contributed by atoms with Crippen LogP contribution in [-0.2, 0) is 6.42 Å². The molecule has 0 amide bonds. The summed E-state index contributed by atoms with van der Waals surface area (Å²) in [7, 11) is 1.83. The maximum absolute atomic E-state index is 13.4. The molecule has 0 heterocycles. The van der Waals surface area contributed by atoms with E-state index in [1.54, 1.807) is 0 Å². The normalized spacial score (nSPS) is 13.0. The van der Waals surface area contributed by atoms with E-state index >= 15 is 0 Å². The molecule has 1 rings (SSSR count). The monoisotopic (exact) mass is 258 g/mol. The van der Waals surface area contributed by atoms with Crippen LogP contribution >= 0.6 is 0 Å². The highest BCUT2D eigenvalue weighted by molar-refractivity contribution is 5.18. The molecule has 102 valence electrons. The molecule has 0 aliphatic carbocycles. The fourth-order valence-electron chi connectivity index (χ4n) is 1.78. The molecule has 0 fully saturated rings. The largest absolute Gasteiger partial charge is 0.392 e. The zero-order chi connectivity index (χ0) is 13.5. The maximum atomic E-state index is 13.4. The van der Waals surface area contributed by atoms with Crippen molar-refractivity contribution in [2.75, 3.05) is 26.7 Å². The van der Waals surface area contributed by atoms with Gasteiger partial charge in [-0.25, -0.2) is 8.78 Å². The van der Waals surface area contributed by atoms with Gasteiger partial charge in [-0.2, -0.15) is 0 Å². The zero-order valence-corrected chi connectivity index (χ0v) is 10.6. The first kappa shape index (κ1) is 15.0. The molecule has 1 unspecified atom stereocenters. The lowest BCUT2D eigenvalue weighted by atomic mass is 10.1. The molecular weight excluding hydrogens is 238 g/mol. The number of rotatable bonds is 7. The van der Waals surface area contributed by atoms with E-state index in [1.807, 2.05) is 11.9 Å². The van der Waals surface area contributed by atoms with E-state index in [-0.39, 0.29) is 0 Å². The number of hydrogen-bond acceptors (Lipinski definition) is 3. The Morgan fingerprint density at radius 3 is 2.78 bits per heavy atom. The summed E-state index contributed by atoms with van der Waals surface area (Å²) in [5.41, 5.74) is 5.69. The van der Waals surface area contributed by atoms with Crippen LogP contribution in [0.25, 0.3) is 0 Å². The molecule has 18 heavy (non-hydrogen) atoms. The Labute approximate surface area is 106 Å². The average molecular weight is 258 g/mol. The highest BCUT2D eigenvalue weighted by atomic mass is 19.1. The number of nitrogens with two attached hydrogens (primary N) is 1. The summed E-state index contributed by atoms with van der Waals surface area (Å²) in [6.45, 7) is 1.48. The van der Waals surface area contributed by atoms with E-state index in [9.17, 15) is 13.9 Å². The van der Waals surface area contributed by atoms with Crippen molar-refractivity contribution in [3.8, 4) is 0 Å². The molecule has 0 spiro atoms. The van der Waals surface area contributed by atoms with Crippen molar-refractivity contribution in [2.45, 2.75) is 18.9 Å². The quantitative estimate of drug-likeness (QED) is 0.771. The Morgan fingerprint density at radius 1 is 1.39 bits per heavy atom. The van der Waals surface area contributed by atoms with Gasteiger partial charge in [0.25, 0.3) is 0 Å². The van der Waals surface area contributed by atoms with Crippen LogP contribution in [0.1, 0.15) is 12.0 Å². The molecule has 5 heteroatoms. The van der Waals surface area contributed by atoms with Gasteiger partial charge in [-0.05, 0) is 50.2 Å². The van der Waals surface area contributed by atoms with Gasteiger partial charge in [-0.1, -0.05) is 0 Å². The molecule has 0 saturated carbocycles. The van der Waals surface area contributed by atoms with Crippen LogP contribution in [0.3, 0.4) is 0 Å². The maximum Gasteiger partial charge on any atom is 0.126 e. The molecule has 0 aromatic heterocycles. The Bertz CT molecular complexity index is 374. The second-order valence-corrected chi connectivity index (χ2v) is 4.48. The minimum Gasteiger partial charge on any atom is -0.392 e. The minimum atomic E-state index is -0.475. The van der Waals surface area contributed by atoms with Crippen molar-refractivity contribution in [1.82, 2.24) is 4.90 Å². The van der Waals surface area contributed by atoms with E-state index in [4.69, 9.17) is 5.73 Å². The molecule has 0 aliphatic heterocycles. The SMILES string of the molecule is CN(CCc1cc(F)ccc1F)CC(O)CCN. The van der Waals surface area contributed by atoms with Crippen molar-refractivity contribution in [3.05, 3.63) is 35.4 Å². The van der Waals surface area contributed by atoms with Gasteiger partial charge in [0, 0.05) is 13.1 Å². The lowest BCUT2D eigenvalue weighted by Crippen LogP contribution is -2.32. The van der Waals surface area contributed by atoms with Crippen LogP contribution in [0.4, 0.5) is 8.78 Å². The van der Waals surface area contributed by atoms with Crippen LogP contribution in [0, 0.1) is 11.6 Å². The van der Waals surface area contributed by atoms with E-state index in [1.165, 1.54) is 6.07 Å². The van der Waals surface area contributed by atoms with E-state index in [0.29, 0.717) is 38.0 Å². The Hall–Kier alpha value is -1.04. The number of likely N-dealkylation sites (N-methyl/N-ethyl adjacent to an activating group) is 1. The third kappa shape index (κ3) is 5.08. The summed E-state index contributed by atoms with van der Waals surface area (Å²) in [6.07, 6.45) is 0.478. The first-order valence-electron chi connectivity index (χ1n) is 6.03. The van der Waals surface area contributed by atoms with Crippen LogP contribution in [-0.4, -0.2) is 42.8 Å². The number of benzene rings is 1. The van der Waals surface area contributed by atoms with Crippen LogP contribution in [0.15, 0.2) is 18.2 Å². The summed E-state index contributed by atoms with van der Waals surface area (Å²) in [5.74, 6) is -0.829. The number of nitrogens with zero attached hydrogens (tertiary/aromatic N) is 1. The summed E-state index contributed by atoms with van der Waals surface area (Å²) < 4.78 is 26.3. The lowest BCUT2D eigenvalue weighted by Gasteiger charge is -2.20. The van der Waals surface area contributed by atoms with Crippen LogP contribution in [0.5, 0.6) is 0 Å². The summed E-state index contributed by atoms with van der Waals surface area (Å²) in [6, 6.07) is 3.45. The van der Waals surface area contributed by atoms with E-state index in [2.05, 4.69) is 0 Å². The van der Waals surface area contributed by atoms with Gasteiger partial charge in [0.15, 0.2) is 0 Å². The third-order valence-electron chi connectivity index (χ3n) is 2.79. The second-order valence-electron chi connectivity index (χ2n) is 4.48. The molecule has 0 bridgehead atoms. The van der Waals surface area contributed by atoms with Crippen molar-refractivity contribution in [2.24, 2.45) is 5.73 Å². The third-order valence-corrected chi connectivity index (χ3v) is 2.79. The van der Waals surface area contributed by atoms with Crippen molar-refractivity contribution < 1.29 is 13.9 Å². The molecule has 0 aliphatic rings. The fourth-order valence-corrected chi connectivity index (χ4v) is 1.78. The number of aliphatic hydroxyl groups is 1. The molecule has 3 nitrogen and oxygen atoms in total. The second kappa shape index (κ2) is 7.41. The molecule has 0 radical (unpaired) electrons. The predicted octanol–water partition coefficient (Wildman–Crippen LogP) is 1.15. The average Bonchev–Trinajstić information content (AvgIpc) is 2.30. The molecule has 0 saturated heterocycles. The van der Waals surface area contributed by atoms with Gasteiger partial charge in [-0.15, -0.1) is 0 Å². The summed E-state index contributed by atoms with van der Waals surface area (Å²) in [4.78, 5) is 1.88. The molecule has 1 atom stereocenters. The highest BCUT2D eigenvalue weighted by Gasteiger charge is 2.09. The van der Waals surface area contributed by atoms with Crippen molar-refractivity contribution >= 4 is 0 Å². The highest BCUT2D eigenvalue weighted by Crippen LogP contribution is 2.10. The number of aliphatic hydroxyl groups excluding tert-OH is 1. The molecule has 1 aromatic carbocycles. The van der Waals surface area contributed by atoms with Gasteiger partial charge in [-0.3, -0.25) is 0 Å². The van der Waals surface area contributed by atoms with Gasteiger partial charge in [0.2, 0.25) is 0 Å². The van der Waals surface area contributed by atoms with E-state index < -0.39 is 17.7 Å². The van der Waals surface area contributed by atoms with Gasteiger partial charge in [0.05, 0.1) is 6.10 Å². The van der Waals surface area contributed by atoms with Gasteiger partial charge < -0.3 is 15.7 Å². The van der Waals surface area contributed by atoms with Crippen molar-refractivity contribution in [1.29, 1.82) is 0 Å². The Kier molecular flexibility index (Phi) is 6.18. The van der Waals surface area contributed by atoms with Crippen LogP contribution in [0.2, 0.25) is 0 Å². The Balaban J connectivity index is 2.42. The topological polar surface area (TPSA) is 49.5 Å². The molecule has 1 aromatic rings. The predicted molar refractivity (Wildman–Crippen MR) is 67.2 cm³/mol. The number of halogens is 2. The lowest BCUT2D eigenvalue weighted by molar-refractivity contribution is 0.120. The van der Waals surface area contributed by atoms with Gasteiger partial charge in [0.1, 0.15) is 11.6 Å². The minimum absolute atomic E-state index is 0.357. The Morgan fingerprint density at radius 2 is 2.11 bits per heavy atom. The first-order chi connectivity index (χ1) is 8.52. The van der Waals surface area contributed by atoms with Gasteiger partial charge >= 0.3 is 0 Å². The smallest absolute Gasteiger partial charge is 0.126 e. The fraction of sp³-hybridized carbons (Fsp3) is 0.538. The zero-order valence-electron chi connectivity index (χ0n) is 10.6. The summed E-state index contributed by atoms with van der Waals surface area (Å²) in [5, 5.41) is 9.56. The van der Waals surface area contributed by atoms with E-state index in [0.717, 1.165) is 12.1 Å². The first-order valence-corrected chi connectivity index (χ1v) is 6.03. The molecular formula is C13H20F2N2O. The summed E-state index contributed by atoms with van der Waals surface area (Å²) >= 11 is 0. The molecule has 3 N–H and O–H groups in total. The number of hydrogen-bond donors (Lipinski definition) is 2. The van der Waals surface area contributed by atoms with Crippen LogP contribution < -0.4 is 5.73 Å². The standard InChI is InChI=1S/C13H20F2N2O/c1-17(9-12(18)4-6-16)7-5-10-8-11(14)2-3-13(10)15/h2-3,8,12,18H,4-7,9,16H2,1H3.